The largest absolute Gasteiger partial charge is 0.494 e. The molecule has 0 amide bonds. The van der Waals surface area contributed by atoms with Crippen molar-refractivity contribution in [2.45, 2.75) is 84.5 Å². The maximum absolute atomic E-state index is 11.1. The van der Waals surface area contributed by atoms with Crippen LogP contribution in [0, 0.1) is 0 Å². The van der Waals surface area contributed by atoms with E-state index in [0.717, 1.165) is 24.3 Å². The number of hydrogen-bond acceptors (Lipinski definition) is 4. The molecule has 0 aliphatic heterocycles. The number of benzene rings is 1. The molecular weight excluding hydrogens is 416 g/mol. The number of unbranched alkanes of at least 4 members (excludes halogenated alkanes) is 5. The van der Waals surface area contributed by atoms with Gasteiger partial charge >= 0.3 is 5.97 Å². The number of methoxy groups -OCH3 is 1. The van der Waals surface area contributed by atoms with E-state index in [-0.39, 0.29) is 5.97 Å². The van der Waals surface area contributed by atoms with E-state index < -0.39 is 0 Å². The van der Waals surface area contributed by atoms with Crippen molar-refractivity contribution in [2.24, 2.45) is 0 Å². The average molecular weight is 457 g/mol. The molecule has 0 atom stereocenters. The van der Waals surface area contributed by atoms with Gasteiger partial charge in [-0.3, -0.25) is 0 Å². The molecular formula is C28H40O3S. The summed E-state index contributed by atoms with van der Waals surface area (Å²) < 4.78 is 10.4. The SMILES string of the molecule is COC(=O)/C=C/c1ccc(OCCCCCCCCc2cc(C(C)C)sc2C(C)C)cc1. The van der Waals surface area contributed by atoms with Gasteiger partial charge in [0.05, 0.1) is 13.7 Å². The lowest BCUT2D eigenvalue weighted by Crippen LogP contribution is -1.97. The van der Waals surface area contributed by atoms with Crippen LogP contribution in [0.3, 0.4) is 0 Å². The average Bonchev–Trinajstić information content (AvgIpc) is 3.22. The predicted octanol–water partition coefficient (Wildman–Crippen LogP) is 8.14. The molecule has 1 aromatic carbocycles. The van der Waals surface area contributed by atoms with E-state index in [9.17, 15) is 4.79 Å². The van der Waals surface area contributed by atoms with Gasteiger partial charge in [-0.1, -0.05) is 65.5 Å². The Kier molecular flexibility index (Phi) is 11.6. The maximum Gasteiger partial charge on any atom is 0.330 e. The van der Waals surface area contributed by atoms with Gasteiger partial charge in [-0.25, -0.2) is 4.79 Å². The number of carbonyl (C=O) groups is 1. The summed E-state index contributed by atoms with van der Waals surface area (Å²) in [6.45, 7) is 9.98. The predicted molar refractivity (Wildman–Crippen MR) is 137 cm³/mol. The molecule has 0 radical (unpaired) electrons. The molecule has 0 bridgehead atoms. The zero-order valence-electron chi connectivity index (χ0n) is 20.5. The maximum atomic E-state index is 11.1. The summed E-state index contributed by atoms with van der Waals surface area (Å²) in [6.07, 6.45) is 11.9. The van der Waals surface area contributed by atoms with Crippen molar-refractivity contribution in [1.82, 2.24) is 0 Å². The summed E-state index contributed by atoms with van der Waals surface area (Å²) in [4.78, 5) is 14.3. The highest BCUT2D eigenvalue weighted by Crippen LogP contribution is 2.34. The van der Waals surface area contributed by atoms with Gasteiger partial charge in [-0.15, -0.1) is 11.3 Å². The standard InChI is InChI=1S/C28H40O3S/c1-21(2)26-20-24(28(32-26)22(3)4)12-10-8-6-7-9-11-19-31-25-16-13-23(14-17-25)15-18-27(29)30-5/h13-18,20-22H,6-12,19H2,1-5H3/b18-15+. The molecule has 1 aromatic heterocycles. The quantitative estimate of drug-likeness (QED) is 0.163. The minimum absolute atomic E-state index is 0.350. The summed E-state index contributed by atoms with van der Waals surface area (Å²) in [5.74, 6) is 1.79. The molecule has 0 spiro atoms. The normalized spacial score (nSPS) is 11.6. The molecule has 3 nitrogen and oxygen atoms in total. The Bertz CT molecular complexity index is 831. The molecule has 0 aliphatic carbocycles. The van der Waals surface area contributed by atoms with Crippen molar-refractivity contribution in [3.63, 3.8) is 0 Å². The molecule has 0 unspecified atom stereocenters. The minimum Gasteiger partial charge on any atom is -0.494 e. The van der Waals surface area contributed by atoms with Crippen LogP contribution < -0.4 is 4.74 Å². The highest BCUT2D eigenvalue weighted by Gasteiger charge is 2.13. The number of ether oxygens (including phenoxy) is 2. The summed E-state index contributed by atoms with van der Waals surface area (Å²) in [7, 11) is 1.37. The summed E-state index contributed by atoms with van der Waals surface area (Å²) in [5.41, 5.74) is 2.54. The van der Waals surface area contributed by atoms with E-state index in [0.29, 0.717) is 11.8 Å². The number of rotatable bonds is 14. The van der Waals surface area contributed by atoms with Gasteiger partial charge in [0.2, 0.25) is 0 Å². The number of hydrogen-bond donors (Lipinski definition) is 0. The topological polar surface area (TPSA) is 35.5 Å². The number of thiophene rings is 1. The third-order valence-electron chi connectivity index (χ3n) is 5.56. The summed E-state index contributed by atoms with van der Waals surface area (Å²) in [5, 5.41) is 0. The van der Waals surface area contributed by atoms with Crippen LogP contribution in [0.5, 0.6) is 5.75 Å². The molecule has 4 heteroatoms. The Morgan fingerprint density at radius 2 is 1.59 bits per heavy atom. The van der Waals surface area contributed by atoms with E-state index in [4.69, 9.17) is 4.74 Å². The van der Waals surface area contributed by atoms with Gasteiger partial charge in [-0.05, 0) is 66.5 Å². The monoisotopic (exact) mass is 456 g/mol. The second-order valence-electron chi connectivity index (χ2n) is 8.99. The highest BCUT2D eigenvalue weighted by molar-refractivity contribution is 7.12. The second-order valence-corrected chi connectivity index (χ2v) is 10.1. The summed E-state index contributed by atoms with van der Waals surface area (Å²) in [6, 6.07) is 10.2. The fraction of sp³-hybridized carbons (Fsp3) is 0.536. The van der Waals surface area contributed by atoms with Gasteiger partial charge in [0.15, 0.2) is 0 Å². The molecule has 2 rings (SSSR count). The highest BCUT2D eigenvalue weighted by atomic mass is 32.1. The lowest BCUT2D eigenvalue weighted by Gasteiger charge is -2.08. The Hall–Kier alpha value is -2.07. The van der Waals surface area contributed by atoms with Gasteiger partial charge in [0, 0.05) is 15.8 Å². The molecule has 0 fully saturated rings. The first-order valence-corrected chi connectivity index (χ1v) is 12.8. The lowest BCUT2D eigenvalue weighted by atomic mass is 10.0. The molecule has 176 valence electrons. The van der Waals surface area contributed by atoms with E-state index >= 15 is 0 Å². The first kappa shape index (κ1) is 26.2. The van der Waals surface area contributed by atoms with Crippen molar-refractivity contribution in [1.29, 1.82) is 0 Å². The van der Waals surface area contributed by atoms with Crippen LogP contribution in [-0.2, 0) is 16.0 Å². The molecule has 0 saturated carbocycles. The second kappa shape index (κ2) is 14.2. The van der Waals surface area contributed by atoms with E-state index in [1.165, 1.54) is 56.6 Å². The van der Waals surface area contributed by atoms with Crippen molar-refractivity contribution < 1.29 is 14.3 Å². The first-order chi connectivity index (χ1) is 15.4. The van der Waals surface area contributed by atoms with Gasteiger partial charge in [-0.2, -0.15) is 0 Å². The number of carbonyl (C=O) groups excluding carboxylic acids is 1. The van der Waals surface area contributed by atoms with Crippen LogP contribution >= 0.6 is 11.3 Å². The molecule has 2 aromatic rings. The van der Waals surface area contributed by atoms with Crippen LogP contribution in [0.25, 0.3) is 6.08 Å². The molecule has 0 aliphatic rings. The van der Waals surface area contributed by atoms with E-state index in [2.05, 4.69) is 38.5 Å². The Morgan fingerprint density at radius 3 is 2.22 bits per heavy atom. The molecule has 0 saturated heterocycles. The van der Waals surface area contributed by atoms with Crippen molar-refractivity contribution in [3.05, 3.63) is 57.3 Å². The van der Waals surface area contributed by atoms with Crippen molar-refractivity contribution >= 4 is 23.4 Å². The first-order valence-electron chi connectivity index (χ1n) is 12.0. The zero-order valence-corrected chi connectivity index (χ0v) is 21.3. The molecule has 0 N–H and O–H groups in total. The zero-order chi connectivity index (χ0) is 23.3. The fourth-order valence-electron chi connectivity index (χ4n) is 3.66. The van der Waals surface area contributed by atoms with Crippen LogP contribution in [0.2, 0.25) is 0 Å². The minimum atomic E-state index is -0.350. The van der Waals surface area contributed by atoms with Crippen molar-refractivity contribution in [3.8, 4) is 5.75 Å². The number of esters is 1. The third kappa shape index (κ3) is 9.20. The fourth-order valence-corrected chi connectivity index (χ4v) is 4.87. The van der Waals surface area contributed by atoms with Gasteiger partial charge < -0.3 is 9.47 Å². The Labute approximate surface area is 198 Å². The van der Waals surface area contributed by atoms with Gasteiger partial charge in [0.25, 0.3) is 0 Å². The number of aryl methyl sites for hydroxylation is 1. The van der Waals surface area contributed by atoms with Crippen LogP contribution in [0.4, 0.5) is 0 Å². The van der Waals surface area contributed by atoms with Crippen LogP contribution in [0.1, 0.15) is 98.9 Å². The smallest absolute Gasteiger partial charge is 0.330 e. The van der Waals surface area contributed by atoms with E-state index in [1.807, 2.05) is 35.6 Å². The lowest BCUT2D eigenvalue weighted by molar-refractivity contribution is -0.134. The van der Waals surface area contributed by atoms with E-state index in [1.54, 1.807) is 16.5 Å². The molecule has 32 heavy (non-hydrogen) atoms. The Morgan fingerprint density at radius 1 is 0.938 bits per heavy atom. The van der Waals surface area contributed by atoms with Crippen molar-refractivity contribution in [2.75, 3.05) is 13.7 Å². The van der Waals surface area contributed by atoms with Crippen LogP contribution in [0.15, 0.2) is 36.4 Å². The Balaban J connectivity index is 1.57. The van der Waals surface area contributed by atoms with Gasteiger partial charge in [0.1, 0.15) is 5.75 Å². The third-order valence-corrected chi connectivity index (χ3v) is 7.33. The van der Waals surface area contributed by atoms with Crippen LogP contribution in [-0.4, -0.2) is 19.7 Å². The molecule has 1 heterocycles. The summed E-state index contributed by atoms with van der Waals surface area (Å²) >= 11 is 2.02.